The highest BCUT2D eigenvalue weighted by Gasteiger charge is 2.61. The zero-order chi connectivity index (χ0) is 35.3. The van der Waals surface area contributed by atoms with Crippen LogP contribution in [-0.4, -0.2) is 53.6 Å². The van der Waals surface area contributed by atoms with Crippen molar-refractivity contribution >= 4 is 17.9 Å². The van der Waals surface area contributed by atoms with E-state index in [1.807, 2.05) is 34.6 Å². The van der Waals surface area contributed by atoms with Gasteiger partial charge in [0.15, 0.2) is 6.10 Å². The summed E-state index contributed by atoms with van der Waals surface area (Å²) in [4.78, 5) is 37.3. The quantitative estimate of drug-likeness (QED) is 0.153. The summed E-state index contributed by atoms with van der Waals surface area (Å²) in [5.41, 5.74) is -2.12. The first kappa shape index (κ1) is 48.2. The largest absolute Gasteiger partial charge is 0.463 e. The Morgan fingerprint density at radius 3 is 1.40 bits per heavy atom. The van der Waals surface area contributed by atoms with Gasteiger partial charge in [-0.15, -0.1) is 0 Å². The Hall–Kier alpha value is -1.84. The van der Waals surface area contributed by atoms with Crippen LogP contribution in [0.2, 0.25) is 0 Å². The van der Waals surface area contributed by atoms with Crippen molar-refractivity contribution < 1.29 is 46.5 Å². The Bertz CT molecular complexity index is 1160. The van der Waals surface area contributed by atoms with Crippen LogP contribution in [0.25, 0.3) is 0 Å². The second-order valence-corrected chi connectivity index (χ2v) is 18.0. The molecule has 52 heavy (non-hydrogen) atoms. The van der Waals surface area contributed by atoms with Gasteiger partial charge in [-0.05, 0) is 148 Å². The number of hydrogen-bond donors (Lipinski definition) is 0. The molecule has 7 nitrogen and oxygen atoms in total. The van der Waals surface area contributed by atoms with Gasteiger partial charge in [-0.1, -0.05) is 43.6 Å². The van der Waals surface area contributed by atoms with E-state index < -0.39 is 47.9 Å². The van der Waals surface area contributed by atoms with Crippen molar-refractivity contribution in [2.75, 3.05) is 6.61 Å². The fraction of sp³-hybridized carbons (Fsp3) is 0.929. The Morgan fingerprint density at radius 1 is 0.635 bits per heavy atom. The second kappa shape index (κ2) is 17.3. The lowest BCUT2D eigenvalue weighted by atomic mass is 9.52. The van der Waals surface area contributed by atoms with Gasteiger partial charge in [-0.25, -0.2) is 4.79 Å². The molecule has 3 unspecified atom stereocenters. The van der Waals surface area contributed by atoms with E-state index in [-0.39, 0.29) is 52.7 Å². The maximum absolute atomic E-state index is 12.8. The minimum Gasteiger partial charge on any atom is -0.463 e. The lowest BCUT2D eigenvalue weighted by Gasteiger charge is -2.61. The standard InChI is InChI=1S/C22H33F3O5.C16H26O2.4CH4/c1-5-19(3,4)18(27)30-21-11-15-8-16(12-21)10-20(9-15,13-21)29-14(2)17(26)28-7-6-22(23,24)25;1-4-15(2,3)14(17)18-16-8-11-5-12(9-16)7-13(6-11)10-16;;;;/h14-16H,5-13H2,1-4H3;11-13H,4-10H2,1-3H3;4*1H4. The van der Waals surface area contributed by atoms with Crippen LogP contribution < -0.4 is 0 Å². The first-order chi connectivity index (χ1) is 22.2. The van der Waals surface area contributed by atoms with Crippen molar-refractivity contribution in [1.29, 1.82) is 0 Å². The molecule has 0 spiro atoms. The van der Waals surface area contributed by atoms with E-state index in [0.29, 0.717) is 24.7 Å². The lowest BCUT2D eigenvalue weighted by Crippen LogP contribution is -2.62. The number of carbonyl (C=O) groups excluding carboxylic acids is 3. The monoisotopic (exact) mass is 749 g/mol. The Morgan fingerprint density at radius 2 is 1.00 bits per heavy atom. The summed E-state index contributed by atoms with van der Waals surface area (Å²) in [7, 11) is 0. The Balaban J connectivity index is 0.000000531. The molecule has 8 saturated carbocycles. The van der Waals surface area contributed by atoms with Gasteiger partial charge in [-0.3, -0.25) is 9.59 Å². The summed E-state index contributed by atoms with van der Waals surface area (Å²) in [6.07, 6.45) is 7.42. The molecule has 0 aromatic rings. The van der Waals surface area contributed by atoms with Crippen molar-refractivity contribution in [2.45, 2.75) is 204 Å². The van der Waals surface area contributed by atoms with Crippen LogP contribution in [-0.2, 0) is 33.3 Å². The molecule has 0 aliphatic heterocycles. The molecule has 0 N–H and O–H groups in total. The lowest BCUT2D eigenvalue weighted by molar-refractivity contribution is -0.249. The van der Waals surface area contributed by atoms with Crippen molar-refractivity contribution in [3.8, 4) is 0 Å². The fourth-order valence-corrected chi connectivity index (χ4v) is 10.3. The van der Waals surface area contributed by atoms with Gasteiger partial charge in [-0.2, -0.15) is 13.2 Å². The van der Waals surface area contributed by atoms with Gasteiger partial charge in [0.05, 0.1) is 22.9 Å². The van der Waals surface area contributed by atoms with Gasteiger partial charge >= 0.3 is 24.1 Å². The van der Waals surface area contributed by atoms with E-state index in [2.05, 4.69) is 6.92 Å². The van der Waals surface area contributed by atoms with Crippen LogP contribution in [0, 0.1) is 40.4 Å². The van der Waals surface area contributed by atoms with Crippen LogP contribution in [0.4, 0.5) is 13.2 Å². The van der Waals surface area contributed by atoms with E-state index >= 15 is 0 Å². The molecule has 8 rings (SSSR count). The fourth-order valence-electron chi connectivity index (χ4n) is 10.3. The van der Waals surface area contributed by atoms with Crippen molar-refractivity contribution in [1.82, 2.24) is 0 Å². The van der Waals surface area contributed by atoms with E-state index in [9.17, 15) is 27.6 Å². The smallest absolute Gasteiger partial charge is 0.392 e. The highest BCUT2D eigenvalue weighted by molar-refractivity contribution is 5.77. The molecule has 8 fully saturated rings. The molecule has 10 heteroatoms. The predicted octanol–water partition coefficient (Wildman–Crippen LogP) is 11.4. The summed E-state index contributed by atoms with van der Waals surface area (Å²) in [6.45, 7) is 12.6. The first-order valence-electron chi connectivity index (χ1n) is 18.6. The van der Waals surface area contributed by atoms with Crippen molar-refractivity contribution in [3.05, 3.63) is 0 Å². The van der Waals surface area contributed by atoms with Crippen LogP contribution >= 0.6 is 0 Å². The number of hydrogen-bond acceptors (Lipinski definition) is 7. The third-order valence-corrected chi connectivity index (χ3v) is 12.8. The van der Waals surface area contributed by atoms with Crippen LogP contribution in [0.15, 0.2) is 0 Å². The predicted molar refractivity (Wildman–Crippen MR) is 200 cm³/mol. The maximum atomic E-state index is 12.8. The SMILES string of the molecule is C.C.C.C.CCC(C)(C)C(=O)OC12CC3CC(C1)CC(OC(C)C(=O)OCCC(F)(F)F)(C3)C2.CCC(C)(C)C(=O)OC12CC3CC(CC(C3)C1)C2. The topological polar surface area (TPSA) is 88.1 Å². The maximum Gasteiger partial charge on any atom is 0.392 e. The third-order valence-electron chi connectivity index (χ3n) is 12.8. The highest BCUT2D eigenvalue weighted by atomic mass is 19.4. The number of carbonyl (C=O) groups is 3. The van der Waals surface area contributed by atoms with E-state index in [4.69, 9.17) is 18.9 Å². The molecule has 0 aromatic carbocycles. The minimum atomic E-state index is -4.37. The summed E-state index contributed by atoms with van der Waals surface area (Å²) in [6, 6.07) is 0. The molecule has 8 bridgehead atoms. The number of halogens is 3. The van der Waals surface area contributed by atoms with E-state index in [0.717, 1.165) is 75.5 Å². The summed E-state index contributed by atoms with van der Waals surface area (Å²) in [5, 5.41) is 0. The van der Waals surface area contributed by atoms with Gasteiger partial charge in [0.1, 0.15) is 17.8 Å². The van der Waals surface area contributed by atoms with Gasteiger partial charge < -0.3 is 18.9 Å². The summed E-state index contributed by atoms with van der Waals surface area (Å²) < 4.78 is 60.0. The molecule has 3 atom stereocenters. The van der Waals surface area contributed by atoms with Gasteiger partial charge in [0.25, 0.3) is 0 Å². The van der Waals surface area contributed by atoms with Crippen LogP contribution in [0.5, 0.6) is 0 Å². The van der Waals surface area contributed by atoms with Crippen LogP contribution in [0.3, 0.4) is 0 Å². The van der Waals surface area contributed by atoms with Crippen molar-refractivity contribution in [2.24, 2.45) is 40.4 Å². The molecule has 8 aliphatic carbocycles. The Kier molecular flexibility index (Phi) is 16.0. The number of alkyl halides is 3. The molecular formula is C42H75F3O7. The third kappa shape index (κ3) is 10.9. The second-order valence-electron chi connectivity index (χ2n) is 18.0. The molecule has 306 valence electrons. The molecule has 0 saturated heterocycles. The number of rotatable bonds is 11. The van der Waals surface area contributed by atoms with E-state index in [1.165, 1.54) is 26.2 Å². The summed E-state index contributed by atoms with van der Waals surface area (Å²) >= 11 is 0. The molecule has 0 heterocycles. The van der Waals surface area contributed by atoms with Gasteiger partial charge in [0, 0.05) is 6.42 Å². The molecular weight excluding hydrogens is 673 g/mol. The molecule has 0 aromatic heterocycles. The molecule has 0 radical (unpaired) electrons. The zero-order valence-electron chi connectivity index (χ0n) is 30.3. The normalized spacial score (nSPS) is 34.2. The van der Waals surface area contributed by atoms with E-state index in [1.54, 1.807) is 0 Å². The first-order valence-corrected chi connectivity index (χ1v) is 18.6. The highest BCUT2D eigenvalue weighted by Crippen LogP contribution is 2.61. The van der Waals surface area contributed by atoms with Crippen molar-refractivity contribution in [3.63, 3.8) is 0 Å². The number of ether oxygens (including phenoxy) is 4. The van der Waals surface area contributed by atoms with Crippen LogP contribution in [0.1, 0.15) is 174 Å². The average Bonchev–Trinajstić information content (AvgIpc) is 2.94. The molecule has 0 amide bonds. The summed E-state index contributed by atoms with van der Waals surface area (Å²) in [5.74, 6) is 2.28. The number of esters is 3. The zero-order valence-corrected chi connectivity index (χ0v) is 30.3. The Labute approximate surface area is 314 Å². The van der Waals surface area contributed by atoms with Gasteiger partial charge in [0.2, 0.25) is 0 Å². The minimum absolute atomic E-state index is 0. The average molecular weight is 749 g/mol. The molecule has 8 aliphatic rings.